The quantitative estimate of drug-likeness (QED) is 0.831. The van der Waals surface area contributed by atoms with Crippen molar-refractivity contribution in [2.75, 3.05) is 19.7 Å². The number of rotatable bonds is 3. The minimum Gasteiger partial charge on any atom is -0.365 e. The van der Waals surface area contributed by atoms with E-state index < -0.39 is 47.5 Å². The molecule has 10 heteroatoms. The number of nitrogens with zero attached hydrogens (tertiary/aromatic N) is 1. The summed E-state index contributed by atoms with van der Waals surface area (Å²) in [5.41, 5.74) is -2.15. The van der Waals surface area contributed by atoms with Gasteiger partial charge in [-0.2, -0.15) is 13.2 Å². The zero-order valence-electron chi connectivity index (χ0n) is 13.1. The van der Waals surface area contributed by atoms with Crippen LogP contribution in [-0.4, -0.2) is 42.5 Å². The average Bonchev–Trinajstić information content (AvgIpc) is 2.54. The van der Waals surface area contributed by atoms with E-state index in [2.05, 4.69) is 5.32 Å². The van der Waals surface area contributed by atoms with E-state index in [4.69, 9.17) is 4.74 Å². The number of halogens is 5. The molecule has 1 atom stereocenters. The van der Waals surface area contributed by atoms with Crippen molar-refractivity contribution in [1.82, 2.24) is 10.2 Å². The SMILES string of the molecule is CC(=O)N1CCOC(C(=O)NCc2cc(F)c(C(F)(F)F)cc2F)C1. The van der Waals surface area contributed by atoms with Gasteiger partial charge in [0.05, 0.1) is 18.7 Å². The lowest BCUT2D eigenvalue weighted by molar-refractivity contribution is -0.146. The third kappa shape index (κ3) is 4.65. The molecule has 1 aliphatic rings. The number of benzene rings is 1. The number of carbonyl (C=O) groups excluding carboxylic acids is 2. The van der Waals surface area contributed by atoms with Crippen molar-refractivity contribution in [3.05, 3.63) is 34.9 Å². The summed E-state index contributed by atoms with van der Waals surface area (Å²) in [6, 6.07) is 0.438. The Hall–Kier alpha value is -2.23. The van der Waals surface area contributed by atoms with Gasteiger partial charge in [0.2, 0.25) is 5.91 Å². The second-order valence-corrected chi connectivity index (χ2v) is 5.46. The van der Waals surface area contributed by atoms with Gasteiger partial charge in [-0.25, -0.2) is 8.78 Å². The predicted molar refractivity (Wildman–Crippen MR) is 75.2 cm³/mol. The first-order valence-corrected chi connectivity index (χ1v) is 7.29. The second-order valence-electron chi connectivity index (χ2n) is 5.46. The Morgan fingerprint density at radius 2 is 1.96 bits per heavy atom. The maximum absolute atomic E-state index is 13.7. The van der Waals surface area contributed by atoms with Crippen molar-refractivity contribution in [3.8, 4) is 0 Å². The molecule has 0 saturated carbocycles. The van der Waals surface area contributed by atoms with Gasteiger partial charge in [0, 0.05) is 25.6 Å². The summed E-state index contributed by atoms with van der Waals surface area (Å²) in [5.74, 6) is -3.83. The van der Waals surface area contributed by atoms with E-state index in [-0.39, 0.29) is 25.1 Å². The molecule has 1 aromatic carbocycles. The first kappa shape index (κ1) is 19.1. The summed E-state index contributed by atoms with van der Waals surface area (Å²) in [6.07, 6.45) is -6.00. The molecule has 1 N–H and O–H groups in total. The maximum atomic E-state index is 13.7. The summed E-state index contributed by atoms with van der Waals surface area (Å²) in [6.45, 7) is 1.30. The van der Waals surface area contributed by atoms with Crippen molar-refractivity contribution in [1.29, 1.82) is 0 Å². The van der Waals surface area contributed by atoms with Crippen LogP contribution in [0, 0.1) is 11.6 Å². The lowest BCUT2D eigenvalue weighted by Crippen LogP contribution is -2.51. The van der Waals surface area contributed by atoms with Gasteiger partial charge in [0.1, 0.15) is 11.6 Å². The van der Waals surface area contributed by atoms with E-state index >= 15 is 0 Å². The van der Waals surface area contributed by atoms with Gasteiger partial charge in [0.25, 0.3) is 5.91 Å². The first-order valence-electron chi connectivity index (χ1n) is 7.29. The fraction of sp³-hybridized carbons (Fsp3) is 0.467. The number of alkyl halides is 3. The molecule has 1 heterocycles. The fourth-order valence-corrected chi connectivity index (χ4v) is 2.33. The summed E-state index contributed by atoms with van der Waals surface area (Å²) >= 11 is 0. The third-order valence-electron chi connectivity index (χ3n) is 3.70. The molecule has 0 aliphatic carbocycles. The Balaban J connectivity index is 2.02. The lowest BCUT2D eigenvalue weighted by Gasteiger charge is -2.31. The van der Waals surface area contributed by atoms with Crippen LogP contribution < -0.4 is 5.32 Å². The molecule has 0 bridgehead atoms. The average molecular weight is 366 g/mol. The largest absolute Gasteiger partial charge is 0.419 e. The third-order valence-corrected chi connectivity index (χ3v) is 3.70. The molecule has 2 amide bonds. The smallest absolute Gasteiger partial charge is 0.365 e. The van der Waals surface area contributed by atoms with Crippen molar-refractivity contribution < 1.29 is 36.3 Å². The van der Waals surface area contributed by atoms with Crippen molar-refractivity contribution in [2.45, 2.75) is 25.7 Å². The van der Waals surface area contributed by atoms with E-state index in [0.717, 1.165) is 0 Å². The monoisotopic (exact) mass is 366 g/mol. The molecule has 25 heavy (non-hydrogen) atoms. The fourth-order valence-electron chi connectivity index (χ4n) is 2.33. The van der Waals surface area contributed by atoms with Crippen LogP contribution in [0.4, 0.5) is 22.0 Å². The molecule has 0 spiro atoms. The Labute approximate surface area is 139 Å². The highest BCUT2D eigenvalue weighted by Crippen LogP contribution is 2.32. The zero-order valence-corrected chi connectivity index (χ0v) is 13.1. The molecule has 5 nitrogen and oxygen atoms in total. The van der Waals surface area contributed by atoms with Crippen molar-refractivity contribution in [3.63, 3.8) is 0 Å². The summed E-state index contributed by atoms with van der Waals surface area (Å²) in [4.78, 5) is 24.7. The van der Waals surface area contributed by atoms with Crippen LogP contribution in [0.5, 0.6) is 0 Å². The van der Waals surface area contributed by atoms with Crippen LogP contribution in [0.1, 0.15) is 18.1 Å². The van der Waals surface area contributed by atoms with Crippen LogP contribution in [0.25, 0.3) is 0 Å². The van der Waals surface area contributed by atoms with Gasteiger partial charge in [-0.1, -0.05) is 0 Å². The molecule has 1 aliphatic heterocycles. The molecule has 0 radical (unpaired) electrons. The molecule has 2 rings (SSSR count). The molecule has 1 unspecified atom stereocenters. The zero-order chi connectivity index (χ0) is 18.8. The Morgan fingerprint density at radius 3 is 2.56 bits per heavy atom. The highest BCUT2D eigenvalue weighted by atomic mass is 19.4. The number of nitrogens with one attached hydrogen (secondary N) is 1. The normalized spacial score (nSPS) is 18.2. The summed E-state index contributed by atoms with van der Waals surface area (Å²) in [5, 5.41) is 2.26. The number of hydrogen-bond acceptors (Lipinski definition) is 3. The predicted octanol–water partition coefficient (Wildman–Crippen LogP) is 1.85. The second kappa shape index (κ2) is 7.34. The van der Waals surface area contributed by atoms with E-state index in [1.807, 2.05) is 0 Å². The minimum atomic E-state index is -5.02. The number of hydrogen-bond donors (Lipinski definition) is 1. The molecule has 1 fully saturated rings. The summed E-state index contributed by atoms with van der Waals surface area (Å²) in [7, 11) is 0. The number of carbonyl (C=O) groups is 2. The van der Waals surface area contributed by atoms with E-state index in [1.165, 1.54) is 11.8 Å². The van der Waals surface area contributed by atoms with Crippen LogP contribution >= 0.6 is 0 Å². The molecule has 1 saturated heterocycles. The van der Waals surface area contributed by atoms with Gasteiger partial charge in [-0.15, -0.1) is 0 Å². The molecule has 1 aromatic rings. The van der Waals surface area contributed by atoms with Gasteiger partial charge < -0.3 is 15.0 Å². The van der Waals surface area contributed by atoms with E-state index in [0.29, 0.717) is 12.6 Å². The van der Waals surface area contributed by atoms with Crippen LogP contribution in [0.15, 0.2) is 12.1 Å². The van der Waals surface area contributed by atoms with E-state index in [1.54, 1.807) is 0 Å². The summed E-state index contributed by atoms with van der Waals surface area (Å²) < 4.78 is 69.9. The van der Waals surface area contributed by atoms with Crippen LogP contribution in [0.2, 0.25) is 0 Å². The van der Waals surface area contributed by atoms with Crippen LogP contribution in [-0.2, 0) is 27.0 Å². The van der Waals surface area contributed by atoms with Gasteiger partial charge in [-0.05, 0) is 12.1 Å². The van der Waals surface area contributed by atoms with Gasteiger partial charge in [0.15, 0.2) is 6.10 Å². The molecule has 0 aromatic heterocycles. The van der Waals surface area contributed by atoms with Crippen LogP contribution in [0.3, 0.4) is 0 Å². The van der Waals surface area contributed by atoms with Gasteiger partial charge in [-0.3, -0.25) is 9.59 Å². The number of morpholine rings is 1. The van der Waals surface area contributed by atoms with Gasteiger partial charge >= 0.3 is 6.18 Å². The topological polar surface area (TPSA) is 58.6 Å². The van der Waals surface area contributed by atoms with Crippen molar-refractivity contribution in [2.24, 2.45) is 0 Å². The highest BCUT2D eigenvalue weighted by Gasteiger charge is 2.35. The standard InChI is InChI=1S/C15H15F5N2O3/c1-8(23)22-2-3-25-13(7-22)14(24)21-6-9-4-12(17)10(5-11(9)16)15(18,19)20/h4-5,13H,2-3,6-7H2,1H3,(H,21,24). The minimum absolute atomic E-state index is 0.00498. The maximum Gasteiger partial charge on any atom is 0.419 e. The molecular formula is C15H15F5N2O3. The highest BCUT2D eigenvalue weighted by molar-refractivity contribution is 5.82. The molecule has 138 valence electrons. The lowest BCUT2D eigenvalue weighted by atomic mass is 10.1. The number of ether oxygens (including phenoxy) is 1. The first-order chi connectivity index (χ1) is 11.6. The Kier molecular flexibility index (Phi) is 5.61. The molecular weight excluding hydrogens is 351 g/mol. The number of amides is 2. The van der Waals surface area contributed by atoms with E-state index in [9.17, 15) is 31.5 Å². The Morgan fingerprint density at radius 1 is 1.28 bits per heavy atom. The Bertz CT molecular complexity index is 678. The van der Waals surface area contributed by atoms with Crippen molar-refractivity contribution >= 4 is 11.8 Å².